The van der Waals surface area contributed by atoms with Crippen LogP contribution in [0.3, 0.4) is 0 Å². The number of hydrogen-bond acceptors (Lipinski definition) is 10. The van der Waals surface area contributed by atoms with Gasteiger partial charge < -0.3 is 15.0 Å². The van der Waals surface area contributed by atoms with Crippen LogP contribution in [0.4, 0.5) is 5.69 Å². The number of aryl methyl sites for hydroxylation is 3. The highest BCUT2D eigenvalue weighted by Gasteiger charge is 2.32. The minimum atomic E-state index is -3.95. The molecule has 3 N–H and O–H groups in total. The Balaban J connectivity index is 0.936. The van der Waals surface area contributed by atoms with E-state index in [1.807, 2.05) is 60.9 Å². The summed E-state index contributed by atoms with van der Waals surface area (Å²) in [4.78, 5) is 35.0. The minimum Gasteiger partial charge on any atom is -0.469 e. The summed E-state index contributed by atoms with van der Waals surface area (Å²) >= 11 is 1.65. The molecular formula is C45H40N8O5S2. The number of amides is 1. The number of H-pyrrole nitrogens is 1. The second-order valence-electron chi connectivity index (χ2n) is 14.6. The standard InChI is InChI=1S/C45H40N8O5S2/c1-25-9-18-36(42-39(25)34(23-46)24-48-42)52-60(56,57)35-8-6-7-29(21-35)19-20-47-44(55)33-16-12-31(13-17-33)30-10-14-32(15-11-30)41-40-26(2)27(3)59-45(40)53-28(4)50-51-43(53)37(49-41)22-38(54)58-5/h6-18,21,24,37,48,52H,19-20,22H2,1-5H3,(H,47,55)/t37-/m0/s1. The van der Waals surface area contributed by atoms with Crippen molar-refractivity contribution in [2.75, 3.05) is 18.4 Å². The first-order chi connectivity index (χ1) is 28.9. The average Bonchev–Trinajstić information content (AvgIpc) is 3.93. The smallest absolute Gasteiger partial charge is 0.308 e. The molecule has 0 fully saturated rings. The zero-order valence-corrected chi connectivity index (χ0v) is 35.1. The highest BCUT2D eigenvalue weighted by atomic mass is 32.2. The summed E-state index contributed by atoms with van der Waals surface area (Å²) in [5.41, 5.74) is 9.05. The first-order valence-corrected chi connectivity index (χ1v) is 21.5. The molecule has 0 saturated heterocycles. The number of benzene rings is 4. The number of ether oxygens (including phenoxy) is 1. The number of hydrogen-bond donors (Lipinski definition) is 3. The SMILES string of the molecule is COC(=O)C[C@@H]1N=C(c2ccc(-c3ccc(C(=O)NCCc4cccc(S(=O)(=O)Nc5ccc(C)c6c(C#N)c[nH]c56)c4)cc3)cc2)c2c(sc(C)c2C)-n2c(C)nnc21. The topological polar surface area (TPSA) is 184 Å². The molecule has 3 aromatic heterocycles. The second kappa shape index (κ2) is 16.0. The zero-order chi connectivity index (χ0) is 42.3. The normalized spacial score (nSPS) is 13.5. The summed E-state index contributed by atoms with van der Waals surface area (Å²) in [7, 11) is -2.59. The minimum absolute atomic E-state index is 0.0258. The summed E-state index contributed by atoms with van der Waals surface area (Å²) < 4.78 is 36.5. The van der Waals surface area contributed by atoms with Crippen molar-refractivity contribution < 1.29 is 22.7 Å². The van der Waals surface area contributed by atoms with E-state index in [9.17, 15) is 23.3 Å². The average molecular weight is 837 g/mol. The lowest BCUT2D eigenvalue weighted by molar-refractivity contribution is -0.141. The van der Waals surface area contributed by atoms with Crippen molar-refractivity contribution in [1.29, 1.82) is 5.26 Å². The van der Waals surface area contributed by atoms with E-state index in [2.05, 4.69) is 45.1 Å². The number of anilines is 1. The highest BCUT2D eigenvalue weighted by molar-refractivity contribution is 7.92. The van der Waals surface area contributed by atoms with Gasteiger partial charge in [-0.25, -0.2) is 8.42 Å². The van der Waals surface area contributed by atoms with Crippen molar-refractivity contribution in [3.8, 4) is 22.2 Å². The number of esters is 1. The molecule has 0 spiro atoms. The Morgan fingerprint density at radius 1 is 0.950 bits per heavy atom. The molecule has 1 aliphatic heterocycles. The van der Waals surface area contributed by atoms with Gasteiger partial charge in [-0.3, -0.25) is 23.9 Å². The number of nitrogens with zero attached hydrogens (tertiary/aromatic N) is 5. The lowest BCUT2D eigenvalue weighted by Crippen LogP contribution is -2.25. The van der Waals surface area contributed by atoms with Crippen LogP contribution in [0.15, 0.2) is 101 Å². The monoisotopic (exact) mass is 836 g/mol. The molecule has 1 atom stereocenters. The molecule has 4 heterocycles. The van der Waals surface area contributed by atoms with Crippen molar-refractivity contribution >= 4 is 55.5 Å². The second-order valence-corrected chi connectivity index (χ2v) is 17.5. The van der Waals surface area contributed by atoms with Crippen molar-refractivity contribution in [1.82, 2.24) is 25.1 Å². The van der Waals surface area contributed by atoms with Gasteiger partial charge >= 0.3 is 5.97 Å². The Hall–Kier alpha value is -6.89. The molecule has 4 aromatic carbocycles. The van der Waals surface area contributed by atoms with Gasteiger partial charge in [-0.1, -0.05) is 54.6 Å². The Labute approximate surface area is 350 Å². The van der Waals surface area contributed by atoms with Gasteiger partial charge in [0.25, 0.3) is 15.9 Å². The number of carbonyl (C=O) groups excluding carboxylic acids is 2. The summed E-state index contributed by atoms with van der Waals surface area (Å²) in [6, 6.07) is 27.0. The van der Waals surface area contributed by atoms with Crippen molar-refractivity contribution in [2.24, 2.45) is 4.99 Å². The maximum absolute atomic E-state index is 13.4. The summed E-state index contributed by atoms with van der Waals surface area (Å²) in [5.74, 6) is 0.681. The molecule has 7 aromatic rings. The fraction of sp³-hybridized carbons (Fsp3) is 0.200. The van der Waals surface area contributed by atoms with E-state index < -0.39 is 16.1 Å². The Bertz CT molecular complexity index is 3010. The van der Waals surface area contributed by atoms with E-state index >= 15 is 0 Å². The highest BCUT2D eigenvalue weighted by Crippen LogP contribution is 2.40. The van der Waals surface area contributed by atoms with E-state index in [4.69, 9.17) is 9.73 Å². The van der Waals surface area contributed by atoms with E-state index in [-0.39, 0.29) is 23.2 Å². The summed E-state index contributed by atoms with van der Waals surface area (Å²) in [6.07, 6.45) is 2.00. The Kier molecular flexibility index (Phi) is 10.7. The predicted octanol–water partition coefficient (Wildman–Crippen LogP) is 7.81. The van der Waals surface area contributed by atoms with Crippen molar-refractivity contribution in [3.05, 3.63) is 147 Å². The Morgan fingerprint density at radius 3 is 2.38 bits per heavy atom. The van der Waals surface area contributed by atoms with Crippen molar-refractivity contribution in [3.63, 3.8) is 0 Å². The van der Waals surface area contributed by atoms with E-state index in [0.29, 0.717) is 52.3 Å². The molecule has 0 radical (unpaired) electrons. The van der Waals surface area contributed by atoms with Gasteiger partial charge in [0.15, 0.2) is 5.82 Å². The number of sulfonamides is 1. The number of nitrogens with one attached hydrogen (secondary N) is 3. The summed E-state index contributed by atoms with van der Waals surface area (Å²) in [6.45, 7) is 8.22. The predicted molar refractivity (Wildman–Crippen MR) is 231 cm³/mol. The van der Waals surface area contributed by atoms with Crippen LogP contribution in [0.1, 0.15) is 72.7 Å². The van der Waals surface area contributed by atoms with E-state index in [1.54, 1.807) is 53.9 Å². The van der Waals surface area contributed by atoms with Crippen LogP contribution in [0.5, 0.6) is 0 Å². The number of methoxy groups -OCH3 is 1. The zero-order valence-electron chi connectivity index (χ0n) is 33.5. The van der Waals surface area contributed by atoms with Crippen LogP contribution in [0.2, 0.25) is 0 Å². The van der Waals surface area contributed by atoms with E-state index in [1.165, 1.54) is 13.2 Å². The molecule has 302 valence electrons. The maximum Gasteiger partial charge on any atom is 0.308 e. The number of carbonyl (C=O) groups is 2. The largest absolute Gasteiger partial charge is 0.469 e. The van der Waals surface area contributed by atoms with Crippen LogP contribution in [0, 0.1) is 39.0 Å². The molecule has 15 heteroatoms. The molecule has 0 bridgehead atoms. The number of aromatic nitrogens is 4. The molecule has 60 heavy (non-hydrogen) atoms. The van der Waals surface area contributed by atoms with Gasteiger partial charge in [-0.05, 0) is 92.3 Å². The van der Waals surface area contributed by atoms with Crippen LogP contribution < -0.4 is 10.0 Å². The third-order valence-electron chi connectivity index (χ3n) is 10.8. The third-order valence-corrected chi connectivity index (χ3v) is 13.3. The van der Waals surface area contributed by atoms with Crippen LogP contribution in [0.25, 0.3) is 27.0 Å². The van der Waals surface area contributed by atoms with Gasteiger partial charge in [0, 0.05) is 39.7 Å². The van der Waals surface area contributed by atoms with Crippen LogP contribution in [-0.4, -0.2) is 59.4 Å². The fourth-order valence-corrected chi connectivity index (χ4v) is 9.84. The van der Waals surface area contributed by atoms with Crippen LogP contribution in [-0.2, 0) is 26.0 Å². The number of thiophene rings is 1. The molecule has 0 aliphatic carbocycles. The fourth-order valence-electron chi connectivity index (χ4n) is 7.49. The van der Waals surface area contributed by atoms with E-state index in [0.717, 1.165) is 54.5 Å². The number of nitriles is 1. The molecule has 13 nitrogen and oxygen atoms in total. The van der Waals surface area contributed by atoms with Gasteiger partial charge in [-0.15, -0.1) is 21.5 Å². The van der Waals surface area contributed by atoms with Gasteiger partial charge in [0.1, 0.15) is 22.9 Å². The Morgan fingerprint density at radius 2 is 1.67 bits per heavy atom. The van der Waals surface area contributed by atoms with Crippen molar-refractivity contribution in [2.45, 2.75) is 51.5 Å². The van der Waals surface area contributed by atoms with Gasteiger partial charge in [0.05, 0.1) is 40.9 Å². The third kappa shape index (κ3) is 7.47. The van der Waals surface area contributed by atoms with Crippen LogP contribution >= 0.6 is 11.3 Å². The van der Waals surface area contributed by atoms with Gasteiger partial charge in [0.2, 0.25) is 0 Å². The molecule has 1 amide bonds. The lowest BCUT2D eigenvalue weighted by Gasteiger charge is -2.12. The first kappa shape index (κ1) is 39.9. The molecular weight excluding hydrogens is 797 g/mol. The lowest BCUT2D eigenvalue weighted by atomic mass is 9.96. The molecule has 0 saturated carbocycles. The molecule has 1 aliphatic rings. The summed E-state index contributed by atoms with van der Waals surface area (Å²) in [5, 5.41) is 22.8. The quantitative estimate of drug-likeness (QED) is 0.110. The number of aromatic amines is 1. The first-order valence-electron chi connectivity index (χ1n) is 19.2. The number of rotatable bonds is 11. The maximum atomic E-state index is 13.4. The number of fused-ring (bicyclic) bond motifs is 4. The molecule has 8 rings (SSSR count). The molecule has 0 unspecified atom stereocenters. The van der Waals surface area contributed by atoms with Gasteiger partial charge in [-0.2, -0.15) is 5.26 Å². The number of aliphatic imine (C=N–C) groups is 1.